The van der Waals surface area contributed by atoms with E-state index in [1.165, 1.54) is 7.11 Å². The summed E-state index contributed by atoms with van der Waals surface area (Å²) in [5.74, 6) is 1.06. The maximum absolute atomic E-state index is 11.2. The molecule has 0 saturated carbocycles. The molecule has 0 aliphatic rings. The summed E-state index contributed by atoms with van der Waals surface area (Å²) in [7, 11) is 1.39. The van der Waals surface area contributed by atoms with Crippen molar-refractivity contribution in [2.24, 2.45) is 0 Å². The van der Waals surface area contributed by atoms with Gasteiger partial charge < -0.3 is 9.47 Å². The Balaban J connectivity index is 2.13. The second-order valence-corrected chi connectivity index (χ2v) is 5.97. The van der Waals surface area contributed by atoms with Crippen molar-refractivity contribution in [1.29, 1.82) is 5.26 Å². The van der Waals surface area contributed by atoms with Crippen LogP contribution in [0.3, 0.4) is 0 Å². The third-order valence-electron chi connectivity index (χ3n) is 3.38. The van der Waals surface area contributed by atoms with E-state index in [1.807, 2.05) is 25.1 Å². The molecule has 0 atom stereocenters. The highest BCUT2D eigenvalue weighted by atomic mass is 79.9. The second kappa shape index (κ2) is 7.80. The van der Waals surface area contributed by atoms with Crippen molar-refractivity contribution in [3.63, 3.8) is 0 Å². The van der Waals surface area contributed by atoms with E-state index in [0.29, 0.717) is 29.9 Å². The molecule has 118 valence electrons. The van der Waals surface area contributed by atoms with Gasteiger partial charge in [-0.15, -0.1) is 0 Å². The SMILES string of the molecule is COC(=O)CCc1ccc(Oc2cc(Br)cc(C#N)c2)cc1C. The van der Waals surface area contributed by atoms with Crippen LogP contribution >= 0.6 is 15.9 Å². The lowest BCUT2D eigenvalue weighted by molar-refractivity contribution is -0.140. The first-order valence-electron chi connectivity index (χ1n) is 7.06. The number of hydrogen-bond acceptors (Lipinski definition) is 4. The molecule has 0 spiro atoms. The molecule has 0 N–H and O–H groups in total. The molecule has 0 radical (unpaired) electrons. The van der Waals surface area contributed by atoms with E-state index in [9.17, 15) is 4.79 Å². The first kappa shape index (κ1) is 17.0. The van der Waals surface area contributed by atoms with Gasteiger partial charge in [0.1, 0.15) is 11.5 Å². The number of esters is 1. The molecule has 2 aromatic rings. The highest BCUT2D eigenvalue weighted by Gasteiger charge is 2.07. The number of rotatable bonds is 5. The van der Waals surface area contributed by atoms with Crippen LogP contribution in [0.2, 0.25) is 0 Å². The number of nitrogens with zero attached hydrogens (tertiary/aromatic N) is 1. The fraction of sp³-hybridized carbons (Fsp3) is 0.222. The predicted octanol–water partition coefficient (Wildman–Crippen LogP) is 4.53. The van der Waals surface area contributed by atoms with Crippen molar-refractivity contribution >= 4 is 21.9 Å². The van der Waals surface area contributed by atoms with E-state index >= 15 is 0 Å². The van der Waals surface area contributed by atoms with E-state index in [0.717, 1.165) is 15.6 Å². The predicted molar refractivity (Wildman–Crippen MR) is 90.4 cm³/mol. The van der Waals surface area contributed by atoms with Gasteiger partial charge >= 0.3 is 5.97 Å². The lowest BCUT2D eigenvalue weighted by Crippen LogP contribution is -2.02. The first-order chi connectivity index (χ1) is 11.0. The maximum atomic E-state index is 11.2. The molecule has 0 aliphatic carbocycles. The number of hydrogen-bond donors (Lipinski definition) is 0. The number of ether oxygens (including phenoxy) is 2. The molecule has 0 aliphatic heterocycles. The summed E-state index contributed by atoms with van der Waals surface area (Å²) in [6.07, 6.45) is 0.989. The summed E-state index contributed by atoms with van der Waals surface area (Å²) in [6, 6.07) is 13.0. The molecule has 5 heteroatoms. The topological polar surface area (TPSA) is 59.3 Å². The quantitative estimate of drug-likeness (QED) is 0.722. The van der Waals surface area contributed by atoms with Crippen LogP contribution in [0.25, 0.3) is 0 Å². The van der Waals surface area contributed by atoms with E-state index in [4.69, 9.17) is 10.00 Å². The summed E-state index contributed by atoms with van der Waals surface area (Å²) in [4.78, 5) is 11.2. The summed E-state index contributed by atoms with van der Waals surface area (Å²) in [5, 5.41) is 8.99. The Labute approximate surface area is 143 Å². The van der Waals surface area contributed by atoms with Crippen LogP contribution < -0.4 is 4.74 Å². The zero-order valence-electron chi connectivity index (χ0n) is 12.9. The average molecular weight is 374 g/mol. The standard InChI is InChI=1S/C18H16BrNO3/c1-12-7-16(5-3-14(12)4-6-18(21)22-2)23-17-9-13(11-20)8-15(19)10-17/h3,5,7-10H,4,6H2,1-2H3. The van der Waals surface area contributed by atoms with Gasteiger partial charge in [0.05, 0.1) is 18.7 Å². The van der Waals surface area contributed by atoms with E-state index in [2.05, 4.69) is 26.7 Å². The van der Waals surface area contributed by atoms with Crippen LogP contribution in [0.5, 0.6) is 11.5 Å². The van der Waals surface area contributed by atoms with Gasteiger partial charge in [-0.1, -0.05) is 22.0 Å². The third-order valence-corrected chi connectivity index (χ3v) is 3.83. The van der Waals surface area contributed by atoms with Gasteiger partial charge in [0, 0.05) is 10.9 Å². The Kier molecular flexibility index (Phi) is 5.78. The van der Waals surface area contributed by atoms with Gasteiger partial charge in [-0.25, -0.2) is 0 Å². The second-order valence-electron chi connectivity index (χ2n) is 5.05. The molecule has 0 fully saturated rings. The van der Waals surface area contributed by atoms with Crippen molar-refractivity contribution in [2.75, 3.05) is 7.11 Å². The number of halogens is 1. The van der Waals surface area contributed by atoms with Crippen LogP contribution in [0.15, 0.2) is 40.9 Å². The fourth-order valence-corrected chi connectivity index (χ4v) is 2.65. The van der Waals surface area contributed by atoms with Gasteiger partial charge in [-0.2, -0.15) is 5.26 Å². The summed E-state index contributed by atoms with van der Waals surface area (Å²) < 4.78 is 11.3. The zero-order valence-corrected chi connectivity index (χ0v) is 14.5. The summed E-state index contributed by atoms with van der Waals surface area (Å²) in [5.41, 5.74) is 2.65. The monoisotopic (exact) mass is 373 g/mol. The normalized spacial score (nSPS) is 10.0. The van der Waals surface area contributed by atoms with Crippen molar-refractivity contribution < 1.29 is 14.3 Å². The largest absolute Gasteiger partial charge is 0.469 e. The highest BCUT2D eigenvalue weighted by Crippen LogP contribution is 2.28. The summed E-state index contributed by atoms with van der Waals surface area (Å²) >= 11 is 3.36. The molecule has 4 nitrogen and oxygen atoms in total. The molecule has 0 aromatic heterocycles. The van der Waals surface area contributed by atoms with Gasteiger partial charge in [-0.3, -0.25) is 4.79 Å². The zero-order chi connectivity index (χ0) is 16.8. The maximum Gasteiger partial charge on any atom is 0.305 e. The third kappa shape index (κ3) is 4.83. The molecule has 0 heterocycles. The van der Waals surface area contributed by atoms with Crippen molar-refractivity contribution in [3.05, 3.63) is 57.6 Å². The number of methoxy groups -OCH3 is 1. The lowest BCUT2D eigenvalue weighted by Gasteiger charge is -2.10. The number of carbonyl (C=O) groups is 1. The van der Waals surface area contributed by atoms with Crippen LogP contribution in [-0.2, 0) is 16.0 Å². The van der Waals surface area contributed by atoms with Crippen molar-refractivity contribution in [2.45, 2.75) is 19.8 Å². The molecule has 2 aromatic carbocycles. The molecule has 23 heavy (non-hydrogen) atoms. The first-order valence-corrected chi connectivity index (χ1v) is 7.86. The Morgan fingerprint density at radius 3 is 2.65 bits per heavy atom. The van der Waals surface area contributed by atoms with Crippen LogP contribution in [0.1, 0.15) is 23.1 Å². The van der Waals surface area contributed by atoms with Gasteiger partial charge in [0.25, 0.3) is 0 Å². The molecule has 0 bridgehead atoms. The van der Waals surface area contributed by atoms with E-state index in [1.54, 1.807) is 18.2 Å². The molecule has 0 saturated heterocycles. The number of nitriles is 1. The lowest BCUT2D eigenvalue weighted by atomic mass is 10.0. The Morgan fingerprint density at radius 2 is 2.00 bits per heavy atom. The minimum atomic E-state index is -0.220. The molecule has 0 amide bonds. The van der Waals surface area contributed by atoms with Gasteiger partial charge in [-0.05, 0) is 54.8 Å². The minimum absolute atomic E-state index is 0.220. The van der Waals surface area contributed by atoms with E-state index in [-0.39, 0.29) is 5.97 Å². The van der Waals surface area contributed by atoms with Crippen LogP contribution in [0.4, 0.5) is 0 Å². The number of benzene rings is 2. The average Bonchev–Trinajstić information content (AvgIpc) is 2.53. The fourth-order valence-electron chi connectivity index (χ4n) is 2.17. The van der Waals surface area contributed by atoms with Crippen LogP contribution in [-0.4, -0.2) is 13.1 Å². The van der Waals surface area contributed by atoms with Gasteiger partial charge in [0.2, 0.25) is 0 Å². The smallest absolute Gasteiger partial charge is 0.305 e. The Bertz CT molecular complexity index is 765. The number of aryl methyl sites for hydroxylation is 2. The van der Waals surface area contributed by atoms with E-state index < -0.39 is 0 Å². The summed E-state index contributed by atoms with van der Waals surface area (Å²) in [6.45, 7) is 1.97. The Hall–Kier alpha value is -2.32. The molecule has 2 rings (SSSR count). The molecule has 0 unspecified atom stereocenters. The van der Waals surface area contributed by atoms with Crippen LogP contribution in [0, 0.1) is 18.3 Å². The molecular weight excluding hydrogens is 358 g/mol. The van der Waals surface area contributed by atoms with Crippen molar-refractivity contribution in [3.8, 4) is 17.6 Å². The highest BCUT2D eigenvalue weighted by molar-refractivity contribution is 9.10. The Morgan fingerprint density at radius 1 is 1.22 bits per heavy atom. The van der Waals surface area contributed by atoms with Gasteiger partial charge in [0.15, 0.2) is 0 Å². The minimum Gasteiger partial charge on any atom is -0.469 e. The van der Waals surface area contributed by atoms with Crippen molar-refractivity contribution in [1.82, 2.24) is 0 Å². The molecular formula is C18H16BrNO3. The number of carbonyl (C=O) groups excluding carboxylic acids is 1.